The molecule has 0 fully saturated rings. The third-order valence-corrected chi connectivity index (χ3v) is 23.9. The van der Waals surface area contributed by atoms with Crippen LogP contribution in [0.2, 0.25) is 0 Å². The van der Waals surface area contributed by atoms with Gasteiger partial charge in [-0.3, -0.25) is 19.9 Å². The molecule has 0 saturated heterocycles. The van der Waals surface area contributed by atoms with Gasteiger partial charge in [0.25, 0.3) is 0 Å². The lowest BCUT2D eigenvalue weighted by Crippen LogP contribution is -1.93. The van der Waals surface area contributed by atoms with Crippen LogP contribution in [-0.2, 0) is 0 Å². The van der Waals surface area contributed by atoms with Crippen LogP contribution in [0.3, 0.4) is 0 Å². The van der Waals surface area contributed by atoms with Crippen molar-refractivity contribution in [1.29, 1.82) is 0 Å². The van der Waals surface area contributed by atoms with Crippen molar-refractivity contribution in [3.8, 4) is 134 Å². The third kappa shape index (κ3) is 15.0. The van der Waals surface area contributed by atoms with Crippen molar-refractivity contribution >= 4 is 97.7 Å². The van der Waals surface area contributed by atoms with Crippen molar-refractivity contribution < 1.29 is 0 Å². The summed E-state index contributed by atoms with van der Waals surface area (Å²) < 4.78 is 0. The van der Waals surface area contributed by atoms with Crippen LogP contribution in [0.5, 0.6) is 0 Å². The zero-order chi connectivity index (χ0) is 83.6. The maximum Gasteiger partial charge on any atom is 0.0972 e. The quantitative estimate of drug-likeness (QED) is 0.111. The third-order valence-electron chi connectivity index (χ3n) is 23.9. The van der Waals surface area contributed by atoms with Crippen molar-refractivity contribution in [1.82, 2.24) is 39.9 Å². The normalized spacial score (nSPS) is 11.3. The Hall–Kier alpha value is -16.9. The summed E-state index contributed by atoms with van der Waals surface area (Å²) in [6.45, 7) is 0. The largest absolute Gasteiger partial charge is 0.256 e. The number of hydrogen-bond acceptors (Lipinski definition) is 8. The van der Waals surface area contributed by atoms with Crippen LogP contribution < -0.4 is 0 Å². The lowest BCUT2D eigenvalue weighted by Gasteiger charge is -2.16. The zero-order valence-electron chi connectivity index (χ0n) is 68.5. The maximum atomic E-state index is 5.16. The van der Waals surface area contributed by atoms with E-state index in [4.69, 9.17) is 24.9 Å². The fourth-order valence-corrected chi connectivity index (χ4v) is 17.5. The molecule has 0 radical (unpaired) electrons. The first kappa shape index (κ1) is 75.3. The Kier molecular flexibility index (Phi) is 19.9. The molecule has 8 heterocycles. The van der Waals surface area contributed by atoms with Gasteiger partial charge in [0.1, 0.15) is 0 Å². The molecule has 0 spiro atoms. The first-order valence-electron chi connectivity index (χ1n) is 42.5. The molecular weight excluding hydrogens is 1530 g/mol. The second-order valence-corrected chi connectivity index (χ2v) is 31.7. The molecule has 24 rings (SSSR count). The van der Waals surface area contributed by atoms with Gasteiger partial charge in [-0.25, -0.2) is 19.9 Å². The molecule has 16 aromatic carbocycles. The van der Waals surface area contributed by atoms with E-state index in [1.54, 1.807) is 0 Å². The summed E-state index contributed by atoms with van der Waals surface area (Å²) in [5.41, 5.74) is 31.7. The number of aromatic nitrogens is 8. The fourth-order valence-electron chi connectivity index (χ4n) is 17.5. The number of pyridine rings is 8. The monoisotopic (exact) mass is 1600 g/mol. The summed E-state index contributed by atoms with van der Waals surface area (Å²) >= 11 is 0. The summed E-state index contributed by atoms with van der Waals surface area (Å²) in [7, 11) is 0. The fraction of sp³-hybridized carbons (Fsp3) is 0. The van der Waals surface area contributed by atoms with Crippen molar-refractivity contribution in [2.24, 2.45) is 0 Å². The minimum atomic E-state index is 0.927. The van der Waals surface area contributed by atoms with E-state index in [9.17, 15) is 0 Å². The van der Waals surface area contributed by atoms with Crippen LogP contribution in [0.4, 0.5) is 0 Å². The lowest BCUT2D eigenvalue weighted by atomic mass is 9.89. The van der Waals surface area contributed by atoms with Gasteiger partial charge in [-0.1, -0.05) is 340 Å². The highest BCUT2D eigenvalue weighted by Gasteiger charge is 2.19. The van der Waals surface area contributed by atoms with Gasteiger partial charge in [0.05, 0.1) is 67.3 Å². The molecule has 8 heteroatoms. The van der Waals surface area contributed by atoms with Crippen LogP contribution in [0.1, 0.15) is 0 Å². The zero-order valence-corrected chi connectivity index (χ0v) is 68.5. The number of nitrogens with zero attached hydrogens (tertiary/aromatic N) is 8. The Bertz CT molecular complexity index is 8020. The summed E-state index contributed by atoms with van der Waals surface area (Å²) in [6, 6.07) is 154. The highest BCUT2D eigenvalue weighted by molar-refractivity contribution is 6.14. The van der Waals surface area contributed by atoms with Crippen LogP contribution in [0, 0.1) is 0 Å². The average molecular weight is 1610 g/mol. The Morgan fingerprint density at radius 2 is 0.540 bits per heavy atom. The van der Waals surface area contributed by atoms with Gasteiger partial charge in [0.2, 0.25) is 0 Å². The lowest BCUT2D eigenvalue weighted by molar-refractivity contribution is 1.32. The summed E-state index contributed by atoms with van der Waals surface area (Å²) in [5, 5.41) is 14.0. The van der Waals surface area contributed by atoms with Gasteiger partial charge in [-0.2, -0.15) is 0 Å². The van der Waals surface area contributed by atoms with E-state index >= 15 is 0 Å². The molecule has 0 N–H and O–H groups in total. The number of para-hydroxylation sites is 1. The first-order chi connectivity index (χ1) is 62.4. The van der Waals surface area contributed by atoms with E-state index in [-0.39, 0.29) is 0 Å². The van der Waals surface area contributed by atoms with Crippen LogP contribution >= 0.6 is 0 Å². The maximum absolute atomic E-state index is 5.16. The standard InChI is InChI=1S/C48H32N2.C36H24N2.C34H20N4/c1-4-14-33(15-5-1)37-24-25-46(49-32-37)41-27-38(26-40(28-41)45-29-36-20-10-11-21-42(36)43-22-12-13-23-44(43)45)39-30-47(34-16-6-2-7-17-34)50-48(31-39)35-18-8-3-9-19-35;1-3-9-25(10-4-1)30-20-21-32-33(24-34(38-35(32)23-30)28-11-5-2-6-12-28)27-18-16-26(17-19-27)31-15-7-13-29-14-8-22-37-36(29)31;1-3-22-7-9-24-13-15-29(37-33(24)31(22)35-17-1)26-11-5-21-6-12-27(20-28(21)19-26)30-16-14-25-10-8-23-4-2-18-36-32(23)34(25)38-30/h1-32H;1-24H;1-20H. The molecule has 0 aliphatic rings. The average Bonchev–Trinajstić information content (AvgIpc) is 0.755. The van der Waals surface area contributed by atoms with Crippen molar-refractivity contribution in [2.75, 3.05) is 0 Å². The van der Waals surface area contributed by atoms with Crippen molar-refractivity contribution in [3.05, 3.63) is 462 Å². The molecule has 588 valence electrons. The molecular formula is C118H76N8. The van der Waals surface area contributed by atoms with E-state index in [2.05, 4.69) is 403 Å². The highest BCUT2D eigenvalue weighted by atomic mass is 14.8. The summed E-state index contributed by atoms with van der Waals surface area (Å²) in [4.78, 5) is 39.2. The van der Waals surface area contributed by atoms with Gasteiger partial charge in [-0.15, -0.1) is 0 Å². The molecule has 0 aliphatic heterocycles. The number of benzene rings is 16. The number of hydrogen-bond donors (Lipinski definition) is 0. The molecule has 0 atom stereocenters. The van der Waals surface area contributed by atoms with Gasteiger partial charge in [0.15, 0.2) is 0 Å². The van der Waals surface area contributed by atoms with Crippen LogP contribution in [0.25, 0.3) is 232 Å². The predicted octanol–water partition coefficient (Wildman–Crippen LogP) is 30.6. The smallest absolute Gasteiger partial charge is 0.0972 e. The molecule has 0 bridgehead atoms. The Balaban J connectivity index is 0.000000113. The topological polar surface area (TPSA) is 103 Å². The minimum absolute atomic E-state index is 0.927. The second kappa shape index (κ2) is 33.2. The molecule has 126 heavy (non-hydrogen) atoms. The SMILES string of the molecule is c1ccc(-c2ccc(-c3cc(-c4cc(-c5ccccc5)nc(-c5ccccc5)c4)cc(-c4cc5ccccc5c5ccccc45)c3)nc2)cc1.c1ccc(-c2ccc3c(-c4ccc(-c5cccc6cccnc56)cc4)cc(-c4ccccc4)nc3c2)cc1.c1cnc2c(c1)ccc1ccc(-c3ccc4ccc(-c5ccc6ccc7cccnc7c6n5)cc4c3)nc12. The van der Waals surface area contributed by atoms with Gasteiger partial charge < -0.3 is 0 Å². The van der Waals surface area contributed by atoms with E-state index < -0.39 is 0 Å². The molecule has 0 aliphatic carbocycles. The van der Waals surface area contributed by atoms with Gasteiger partial charge in [0, 0.05) is 102 Å². The molecule has 24 aromatic rings. The summed E-state index contributed by atoms with van der Waals surface area (Å²) in [5.74, 6) is 0. The Labute approximate surface area is 728 Å². The Morgan fingerprint density at radius 1 is 0.135 bits per heavy atom. The molecule has 8 nitrogen and oxygen atoms in total. The molecule has 0 saturated carbocycles. The Morgan fingerprint density at radius 3 is 1.11 bits per heavy atom. The molecule has 0 amide bonds. The van der Waals surface area contributed by atoms with Crippen LogP contribution in [0.15, 0.2) is 462 Å². The second-order valence-electron chi connectivity index (χ2n) is 31.7. The molecule has 0 unspecified atom stereocenters. The highest BCUT2D eigenvalue weighted by Crippen LogP contribution is 2.43. The van der Waals surface area contributed by atoms with E-state index in [1.165, 1.54) is 54.7 Å². The first-order valence-corrected chi connectivity index (χ1v) is 42.5. The molecule has 8 aromatic heterocycles. The van der Waals surface area contributed by atoms with Crippen molar-refractivity contribution in [2.45, 2.75) is 0 Å². The minimum Gasteiger partial charge on any atom is -0.256 e. The predicted molar refractivity (Wildman–Crippen MR) is 524 cm³/mol. The summed E-state index contributed by atoms with van der Waals surface area (Å²) in [6.07, 6.45) is 7.49. The van der Waals surface area contributed by atoms with E-state index in [0.717, 1.165) is 177 Å². The number of fused-ring (bicyclic) bond motifs is 12. The van der Waals surface area contributed by atoms with Crippen LogP contribution in [-0.4, -0.2) is 39.9 Å². The van der Waals surface area contributed by atoms with Gasteiger partial charge in [-0.05, 0) is 185 Å². The number of rotatable bonds is 12. The van der Waals surface area contributed by atoms with Gasteiger partial charge >= 0.3 is 0 Å². The van der Waals surface area contributed by atoms with E-state index in [0.29, 0.717) is 0 Å². The van der Waals surface area contributed by atoms with E-state index in [1.807, 2.05) is 73.3 Å². The van der Waals surface area contributed by atoms with Crippen molar-refractivity contribution in [3.63, 3.8) is 0 Å².